The van der Waals surface area contributed by atoms with Gasteiger partial charge >= 0.3 is 5.97 Å². The molecule has 1 aliphatic carbocycles. The number of hydrogen-bond donors (Lipinski definition) is 0. The van der Waals surface area contributed by atoms with Gasteiger partial charge in [-0.15, -0.1) is 0 Å². The minimum atomic E-state index is -0.186. The van der Waals surface area contributed by atoms with Crippen LogP contribution in [0.15, 0.2) is 0 Å². The van der Waals surface area contributed by atoms with E-state index in [9.17, 15) is 9.59 Å². The van der Waals surface area contributed by atoms with Gasteiger partial charge in [-0.25, -0.2) is 0 Å². The smallest absolute Gasteiger partial charge is 0.305 e. The lowest BCUT2D eigenvalue weighted by molar-refractivity contribution is -0.141. The van der Waals surface area contributed by atoms with Crippen molar-refractivity contribution < 1.29 is 14.3 Å². The van der Waals surface area contributed by atoms with E-state index < -0.39 is 0 Å². The highest BCUT2D eigenvalue weighted by Gasteiger charge is 2.50. The summed E-state index contributed by atoms with van der Waals surface area (Å²) >= 11 is 0. The van der Waals surface area contributed by atoms with Crippen molar-refractivity contribution in [3.63, 3.8) is 0 Å². The van der Waals surface area contributed by atoms with Gasteiger partial charge in [0.1, 0.15) is 0 Å². The molecule has 2 fully saturated rings. The van der Waals surface area contributed by atoms with Gasteiger partial charge in [-0.05, 0) is 42.9 Å². The molecule has 1 heterocycles. The van der Waals surface area contributed by atoms with E-state index in [1.54, 1.807) is 0 Å². The Kier molecular flexibility index (Phi) is 4.64. The number of rotatable bonds is 5. The average Bonchev–Trinajstić information content (AvgIpc) is 2.63. The molecule has 0 aromatic heterocycles. The van der Waals surface area contributed by atoms with E-state index in [4.69, 9.17) is 0 Å². The van der Waals surface area contributed by atoms with Gasteiger partial charge in [0.15, 0.2) is 0 Å². The van der Waals surface area contributed by atoms with Crippen LogP contribution in [0, 0.1) is 10.8 Å². The van der Waals surface area contributed by atoms with Gasteiger partial charge < -0.3 is 9.64 Å². The number of hydrogen-bond acceptors (Lipinski definition) is 3. The van der Waals surface area contributed by atoms with E-state index in [0.717, 1.165) is 32.2 Å². The van der Waals surface area contributed by atoms with Gasteiger partial charge in [0.05, 0.1) is 7.11 Å². The van der Waals surface area contributed by atoms with Crippen molar-refractivity contribution in [3.8, 4) is 0 Å². The van der Waals surface area contributed by atoms with Crippen LogP contribution in [0.3, 0.4) is 0 Å². The second-order valence-electron chi connectivity index (χ2n) is 8.02. The third-order valence-corrected chi connectivity index (χ3v) is 4.98. The van der Waals surface area contributed by atoms with Crippen LogP contribution in [0.1, 0.15) is 65.7 Å². The van der Waals surface area contributed by atoms with E-state index in [-0.39, 0.29) is 11.9 Å². The summed E-state index contributed by atoms with van der Waals surface area (Å²) in [5.74, 6) is 0.0834. The van der Waals surface area contributed by atoms with Crippen LogP contribution >= 0.6 is 0 Å². The number of carbonyl (C=O) groups excluding carboxylic acids is 2. The van der Waals surface area contributed by atoms with Crippen molar-refractivity contribution in [2.45, 2.75) is 71.8 Å². The Morgan fingerprint density at radius 3 is 2.48 bits per heavy atom. The van der Waals surface area contributed by atoms with Crippen LogP contribution in [0.4, 0.5) is 0 Å². The molecule has 2 rings (SSSR count). The number of nitrogens with zero attached hydrogens (tertiary/aromatic N) is 1. The molecule has 0 N–H and O–H groups in total. The largest absolute Gasteiger partial charge is 0.469 e. The van der Waals surface area contributed by atoms with Crippen LogP contribution in [0.25, 0.3) is 0 Å². The van der Waals surface area contributed by atoms with Crippen molar-refractivity contribution in [1.82, 2.24) is 4.90 Å². The standard InChI is InChI=1S/C17H29NO3/c1-16(2)9-13-10-17(3,11-16)12-18(13)14(19)7-5-6-8-15(20)21-4/h13H,5-12H2,1-4H3. The Hall–Kier alpha value is -1.06. The molecule has 1 amide bonds. The predicted octanol–water partition coefficient (Wildman–Crippen LogP) is 3.15. The van der Waals surface area contributed by atoms with E-state index >= 15 is 0 Å². The van der Waals surface area contributed by atoms with Gasteiger partial charge in [-0.1, -0.05) is 20.8 Å². The molecule has 120 valence electrons. The fraction of sp³-hybridized carbons (Fsp3) is 0.882. The quantitative estimate of drug-likeness (QED) is 0.578. The van der Waals surface area contributed by atoms with Crippen molar-refractivity contribution in [3.05, 3.63) is 0 Å². The fourth-order valence-electron chi connectivity index (χ4n) is 4.54. The summed E-state index contributed by atoms with van der Waals surface area (Å²) < 4.78 is 4.62. The minimum Gasteiger partial charge on any atom is -0.469 e. The van der Waals surface area contributed by atoms with Crippen molar-refractivity contribution in [1.29, 1.82) is 0 Å². The molecule has 2 atom stereocenters. The van der Waals surface area contributed by atoms with Crippen molar-refractivity contribution in [2.24, 2.45) is 10.8 Å². The predicted molar refractivity (Wildman–Crippen MR) is 81.7 cm³/mol. The zero-order valence-electron chi connectivity index (χ0n) is 13.9. The highest BCUT2D eigenvalue weighted by atomic mass is 16.5. The van der Waals surface area contributed by atoms with Crippen LogP contribution in [0.2, 0.25) is 0 Å². The first kappa shape index (κ1) is 16.3. The second-order valence-corrected chi connectivity index (χ2v) is 8.02. The summed E-state index contributed by atoms with van der Waals surface area (Å²) in [6.45, 7) is 7.88. The van der Waals surface area contributed by atoms with Crippen LogP contribution in [-0.2, 0) is 14.3 Å². The Labute approximate surface area is 128 Å². The number of likely N-dealkylation sites (tertiary alicyclic amines) is 1. The molecule has 2 aliphatic rings. The number of amides is 1. The first-order chi connectivity index (χ1) is 9.75. The lowest BCUT2D eigenvalue weighted by atomic mass is 9.65. The maximum absolute atomic E-state index is 12.5. The maximum Gasteiger partial charge on any atom is 0.305 e. The third-order valence-electron chi connectivity index (χ3n) is 4.98. The minimum absolute atomic E-state index is 0.186. The highest BCUT2D eigenvalue weighted by molar-refractivity contribution is 5.77. The number of carbonyl (C=O) groups is 2. The molecule has 21 heavy (non-hydrogen) atoms. The number of esters is 1. The van der Waals surface area contributed by atoms with Crippen LogP contribution in [-0.4, -0.2) is 36.5 Å². The number of methoxy groups -OCH3 is 1. The van der Waals surface area contributed by atoms with Crippen LogP contribution < -0.4 is 0 Å². The first-order valence-electron chi connectivity index (χ1n) is 8.11. The summed E-state index contributed by atoms with van der Waals surface area (Å²) in [7, 11) is 1.40. The lowest BCUT2D eigenvalue weighted by Crippen LogP contribution is -2.37. The summed E-state index contributed by atoms with van der Waals surface area (Å²) in [6, 6.07) is 0.423. The monoisotopic (exact) mass is 295 g/mol. The number of unbranched alkanes of at least 4 members (excludes halogenated alkanes) is 1. The highest BCUT2D eigenvalue weighted by Crippen LogP contribution is 2.52. The number of ether oxygens (including phenoxy) is 1. The molecule has 1 saturated heterocycles. The summed E-state index contributed by atoms with van der Waals surface area (Å²) in [4.78, 5) is 25.6. The zero-order valence-corrected chi connectivity index (χ0v) is 13.9. The molecule has 1 aliphatic heterocycles. The summed E-state index contributed by atoms with van der Waals surface area (Å²) in [5.41, 5.74) is 0.645. The lowest BCUT2D eigenvalue weighted by Gasteiger charge is -2.39. The van der Waals surface area contributed by atoms with Crippen LogP contribution in [0.5, 0.6) is 0 Å². The molecule has 0 radical (unpaired) electrons. The molecule has 2 unspecified atom stereocenters. The Morgan fingerprint density at radius 1 is 1.14 bits per heavy atom. The normalized spacial score (nSPS) is 30.3. The molecule has 4 heteroatoms. The third kappa shape index (κ3) is 3.98. The van der Waals surface area contributed by atoms with E-state index in [1.165, 1.54) is 13.5 Å². The molecular formula is C17H29NO3. The van der Waals surface area contributed by atoms with E-state index in [0.29, 0.717) is 29.7 Å². The maximum atomic E-state index is 12.5. The summed E-state index contributed by atoms with van der Waals surface area (Å²) in [6.07, 6.45) is 5.97. The Morgan fingerprint density at radius 2 is 1.81 bits per heavy atom. The van der Waals surface area contributed by atoms with Crippen molar-refractivity contribution >= 4 is 11.9 Å². The topological polar surface area (TPSA) is 46.6 Å². The SMILES string of the molecule is COC(=O)CCCCC(=O)N1CC2(C)CC1CC(C)(C)C2. The van der Waals surface area contributed by atoms with Gasteiger partial charge in [0, 0.05) is 25.4 Å². The van der Waals surface area contributed by atoms with E-state index in [2.05, 4.69) is 30.4 Å². The molecule has 0 aromatic rings. The second kappa shape index (κ2) is 5.98. The Bertz CT molecular complexity index is 418. The van der Waals surface area contributed by atoms with Gasteiger partial charge in [-0.3, -0.25) is 9.59 Å². The molecular weight excluding hydrogens is 266 g/mol. The van der Waals surface area contributed by atoms with Crippen molar-refractivity contribution in [2.75, 3.05) is 13.7 Å². The molecule has 0 spiro atoms. The van der Waals surface area contributed by atoms with Gasteiger partial charge in [0.2, 0.25) is 5.91 Å². The Balaban J connectivity index is 1.83. The van der Waals surface area contributed by atoms with Gasteiger partial charge in [0.25, 0.3) is 0 Å². The molecule has 0 aromatic carbocycles. The molecule has 4 nitrogen and oxygen atoms in total. The molecule has 1 saturated carbocycles. The van der Waals surface area contributed by atoms with Gasteiger partial charge in [-0.2, -0.15) is 0 Å². The number of fused-ring (bicyclic) bond motifs is 2. The zero-order chi connectivity index (χ0) is 15.7. The van der Waals surface area contributed by atoms with E-state index in [1.807, 2.05) is 0 Å². The summed E-state index contributed by atoms with van der Waals surface area (Å²) in [5, 5.41) is 0. The average molecular weight is 295 g/mol. The fourth-order valence-corrected chi connectivity index (χ4v) is 4.54. The first-order valence-corrected chi connectivity index (χ1v) is 8.11. The molecule has 2 bridgehead atoms.